The monoisotopic (exact) mass is 445 g/mol. The van der Waals surface area contributed by atoms with E-state index in [1.54, 1.807) is 37.3 Å². The number of nitrogens with zero attached hydrogens (tertiary/aromatic N) is 2. The highest BCUT2D eigenvalue weighted by molar-refractivity contribution is 5.99. The topological polar surface area (TPSA) is 88.2 Å². The molecule has 0 aromatic heterocycles. The fourth-order valence-corrected chi connectivity index (χ4v) is 3.99. The maximum atomic E-state index is 13.2. The van der Waals surface area contributed by atoms with Gasteiger partial charge < -0.3 is 24.6 Å². The lowest BCUT2D eigenvalue weighted by Gasteiger charge is -2.36. The zero-order valence-electron chi connectivity index (χ0n) is 19.7. The summed E-state index contributed by atoms with van der Waals surface area (Å²) in [4.78, 5) is 41.5. The number of nitrogens with one attached hydrogen (secondary N) is 1. The first kappa shape index (κ1) is 24.0. The minimum Gasteiger partial charge on any atom is -0.491 e. The van der Waals surface area contributed by atoms with Crippen molar-refractivity contribution in [3.8, 4) is 5.75 Å². The Labute approximate surface area is 190 Å². The summed E-state index contributed by atoms with van der Waals surface area (Å²) >= 11 is 0. The van der Waals surface area contributed by atoms with Crippen LogP contribution in [-0.2, 0) is 14.3 Å². The molecule has 2 aliphatic rings. The Morgan fingerprint density at radius 3 is 2.56 bits per heavy atom. The Bertz CT molecular complexity index is 854. The molecule has 0 unspecified atom stereocenters. The van der Waals surface area contributed by atoms with Crippen molar-refractivity contribution in [3.63, 3.8) is 0 Å². The molecule has 1 fully saturated rings. The van der Waals surface area contributed by atoms with Crippen LogP contribution in [0.2, 0.25) is 0 Å². The van der Waals surface area contributed by atoms with E-state index in [1.807, 2.05) is 25.7 Å². The number of likely N-dealkylation sites (N-methyl/N-ethyl adjacent to an activating group) is 1. The fraction of sp³-hybridized carbons (Fsp3) is 0.625. The molecular weight excluding hydrogens is 410 g/mol. The average Bonchev–Trinajstić information content (AvgIpc) is 3.63. The molecule has 1 heterocycles. The van der Waals surface area contributed by atoms with E-state index in [4.69, 9.17) is 9.47 Å². The van der Waals surface area contributed by atoms with Gasteiger partial charge in [0.15, 0.2) is 0 Å². The van der Waals surface area contributed by atoms with E-state index in [0.29, 0.717) is 36.5 Å². The molecule has 176 valence electrons. The molecule has 8 nitrogen and oxygen atoms in total. The largest absolute Gasteiger partial charge is 0.491 e. The summed E-state index contributed by atoms with van der Waals surface area (Å²) in [6.45, 7) is 6.96. The lowest BCUT2D eigenvalue weighted by molar-refractivity contribution is -0.135. The van der Waals surface area contributed by atoms with Crippen LogP contribution >= 0.6 is 0 Å². The van der Waals surface area contributed by atoms with E-state index in [0.717, 1.165) is 12.8 Å². The summed E-state index contributed by atoms with van der Waals surface area (Å²) in [6.07, 6.45) is 2.01. The van der Waals surface area contributed by atoms with E-state index in [-0.39, 0.29) is 48.3 Å². The van der Waals surface area contributed by atoms with Crippen molar-refractivity contribution in [1.82, 2.24) is 9.80 Å². The molecule has 8 heteroatoms. The number of carbonyl (C=O) groups excluding carboxylic acids is 3. The Morgan fingerprint density at radius 1 is 1.22 bits per heavy atom. The number of amides is 3. The van der Waals surface area contributed by atoms with E-state index in [1.165, 1.54) is 0 Å². The molecule has 0 spiro atoms. The van der Waals surface area contributed by atoms with Crippen molar-refractivity contribution < 1.29 is 23.9 Å². The molecule has 1 N–H and O–H groups in total. The number of hydrogen-bond acceptors (Lipinski definition) is 5. The van der Waals surface area contributed by atoms with Gasteiger partial charge in [0.2, 0.25) is 11.8 Å². The fourth-order valence-electron chi connectivity index (χ4n) is 3.99. The van der Waals surface area contributed by atoms with Crippen molar-refractivity contribution in [2.75, 3.05) is 39.2 Å². The third kappa shape index (κ3) is 5.59. The predicted molar refractivity (Wildman–Crippen MR) is 122 cm³/mol. The molecule has 0 radical (unpaired) electrons. The van der Waals surface area contributed by atoms with E-state index >= 15 is 0 Å². The van der Waals surface area contributed by atoms with Gasteiger partial charge in [0.1, 0.15) is 12.4 Å². The first-order valence-corrected chi connectivity index (χ1v) is 11.4. The van der Waals surface area contributed by atoms with Crippen LogP contribution in [-0.4, -0.2) is 73.5 Å². The van der Waals surface area contributed by atoms with Gasteiger partial charge in [-0.15, -0.1) is 0 Å². The van der Waals surface area contributed by atoms with Crippen LogP contribution in [0.3, 0.4) is 0 Å². The smallest absolute Gasteiger partial charge is 0.257 e. The molecule has 0 saturated heterocycles. The van der Waals surface area contributed by atoms with Crippen LogP contribution in [0.5, 0.6) is 5.75 Å². The van der Waals surface area contributed by atoms with Gasteiger partial charge in [-0.1, -0.05) is 13.8 Å². The predicted octanol–water partition coefficient (Wildman–Crippen LogP) is 2.78. The first-order chi connectivity index (χ1) is 15.2. The number of ether oxygens (including phenoxy) is 2. The van der Waals surface area contributed by atoms with E-state index < -0.39 is 0 Å². The summed E-state index contributed by atoms with van der Waals surface area (Å²) in [7, 11) is 3.36. The Kier molecular flexibility index (Phi) is 7.77. The minimum absolute atomic E-state index is 0.00782. The third-order valence-electron chi connectivity index (χ3n) is 6.29. The highest BCUT2D eigenvalue weighted by Crippen LogP contribution is 2.32. The van der Waals surface area contributed by atoms with Gasteiger partial charge in [0.05, 0.1) is 17.7 Å². The standard InChI is InChI=1S/C24H35N3O5/c1-6-22(28)27-12-15(2)21(31-5)13-26(4)24(30)19-10-9-18(25-23(29)17-7-8-17)11-20(19)32-14-16(27)3/h9-11,15-17,21H,6-8,12-14H2,1-5H3,(H,25,29)/t15-,16-,21-/m0/s1. The Balaban J connectivity index is 1.93. The van der Waals surface area contributed by atoms with Gasteiger partial charge in [-0.25, -0.2) is 0 Å². The number of rotatable bonds is 4. The van der Waals surface area contributed by atoms with Crippen molar-refractivity contribution in [2.45, 2.75) is 52.2 Å². The highest BCUT2D eigenvalue weighted by Gasteiger charge is 2.31. The van der Waals surface area contributed by atoms with Gasteiger partial charge >= 0.3 is 0 Å². The molecule has 1 saturated carbocycles. The maximum Gasteiger partial charge on any atom is 0.257 e. The van der Waals surface area contributed by atoms with Gasteiger partial charge in [-0.3, -0.25) is 14.4 Å². The molecule has 3 rings (SSSR count). The van der Waals surface area contributed by atoms with Gasteiger partial charge in [0.25, 0.3) is 5.91 Å². The molecule has 1 aromatic carbocycles. The minimum atomic E-state index is -0.218. The van der Waals surface area contributed by atoms with Crippen LogP contribution in [0, 0.1) is 11.8 Å². The summed E-state index contributed by atoms with van der Waals surface area (Å²) in [5, 5.41) is 2.91. The molecule has 32 heavy (non-hydrogen) atoms. The number of methoxy groups -OCH3 is 1. The van der Waals surface area contributed by atoms with Crippen LogP contribution in [0.4, 0.5) is 5.69 Å². The SMILES string of the molecule is CCC(=O)N1C[C@H](C)[C@@H](OC)CN(C)C(=O)c2ccc(NC(=O)C3CC3)cc2OC[C@@H]1C. The molecule has 3 atom stereocenters. The van der Waals surface area contributed by atoms with Crippen LogP contribution in [0.25, 0.3) is 0 Å². The first-order valence-electron chi connectivity index (χ1n) is 11.4. The van der Waals surface area contributed by atoms with Crippen LogP contribution < -0.4 is 10.1 Å². The summed E-state index contributed by atoms with van der Waals surface area (Å²) in [5.74, 6) is 0.373. The molecule has 1 aliphatic carbocycles. The van der Waals surface area contributed by atoms with Crippen LogP contribution in [0.1, 0.15) is 50.4 Å². The molecule has 3 amide bonds. The number of anilines is 1. The van der Waals surface area contributed by atoms with Crippen molar-refractivity contribution in [2.24, 2.45) is 11.8 Å². The van der Waals surface area contributed by atoms with E-state index in [2.05, 4.69) is 5.32 Å². The number of hydrogen-bond donors (Lipinski definition) is 1. The van der Waals surface area contributed by atoms with Crippen LogP contribution in [0.15, 0.2) is 18.2 Å². The molecular formula is C24H35N3O5. The Morgan fingerprint density at radius 2 is 1.94 bits per heavy atom. The van der Waals surface area contributed by atoms with Gasteiger partial charge in [-0.05, 0) is 31.9 Å². The van der Waals surface area contributed by atoms with Crippen molar-refractivity contribution in [3.05, 3.63) is 23.8 Å². The second-order valence-electron chi connectivity index (χ2n) is 8.97. The lowest BCUT2D eigenvalue weighted by Crippen LogP contribution is -2.48. The highest BCUT2D eigenvalue weighted by atomic mass is 16.5. The van der Waals surface area contributed by atoms with Crippen molar-refractivity contribution >= 4 is 23.4 Å². The van der Waals surface area contributed by atoms with Crippen molar-refractivity contribution in [1.29, 1.82) is 0 Å². The summed E-state index contributed by atoms with van der Waals surface area (Å²) in [6, 6.07) is 4.93. The Hall–Kier alpha value is -2.61. The molecule has 0 bridgehead atoms. The average molecular weight is 446 g/mol. The second kappa shape index (κ2) is 10.3. The van der Waals surface area contributed by atoms with E-state index in [9.17, 15) is 14.4 Å². The third-order valence-corrected chi connectivity index (χ3v) is 6.29. The molecule has 1 aromatic rings. The summed E-state index contributed by atoms with van der Waals surface area (Å²) in [5.41, 5.74) is 1.02. The van der Waals surface area contributed by atoms with Gasteiger partial charge in [0, 0.05) is 57.3 Å². The van der Waals surface area contributed by atoms with Gasteiger partial charge in [-0.2, -0.15) is 0 Å². The quantitative estimate of drug-likeness (QED) is 0.770. The summed E-state index contributed by atoms with van der Waals surface area (Å²) < 4.78 is 11.8. The zero-order chi connectivity index (χ0) is 23.4. The maximum absolute atomic E-state index is 13.2. The normalized spacial score (nSPS) is 24.7. The molecule has 1 aliphatic heterocycles. The number of fused-ring (bicyclic) bond motifs is 1. The zero-order valence-corrected chi connectivity index (χ0v) is 19.7. The number of carbonyl (C=O) groups is 3. The second-order valence-corrected chi connectivity index (χ2v) is 8.97. The number of benzene rings is 1. The lowest BCUT2D eigenvalue weighted by atomic mass is 10.0.